The third kappa shape index (κ3) is 3.03. The molecule has 29 heavy (non-hydrogen) atoms. The summed E-state index contributed by atoms with van der Waals surface area (Å²) in [5.74, 6) is 0.359. The van der Waals surface area contributed by atoms with Gasteiger partial charge >= 0.3 is 0 Å². The molecule has 0 spiro atoms. The Morgan fingerprint density at radius 1 is 1.00 bits per heavy atom. The highest BCUT2D eigenvalue weighted by Gasteiger charge is 2.61. The van der Waals surface area contributed by atoms with Gasteiger partial charge in [-0.15, -0.1) is 0 Å². The summed E-state index contributed by atoms with van der Waals surface area (Å²) in [5.41, 5.74) is 0.342. The molecule has 0 unspecified atom stereocenters. The number of benzene rings is 1. The molecule has 7 heteroatoms. The fourth-order valence-corrected chi connectivity index (χ4v) is 6.40. The number of nitrogens with one attached hydrogen (secondary N) is 1. The Morgan fingerprint density at radius 3 is 2.21 bits per heavy atom. The topological polar surface area (TPSA) is 86.7 Å². The van der Waals surface area contributed by atoms with Gasteiger partial charge in [-0.2, -0.15) is 0 Å². The average molecular weight is 417 g/mol. The lowest BCUT2D eigenvalue weighted by molar-refractivity contribution is -0.144. The maximum Gasteiger partial charge on any atom is 0.233 e. The van der Waals surface area contributed by atoms with Crippen LogP contribution in [0.25, 0.3) is 0 Å². The summed E-state index contributed by atoms with van der Waals surface area (Å²) in [6, 6.07) is 4.51. The van der Waals surface area contributed by atoms with Crippen LogP contribution in [0.1, 0.15) is 44.9 Å². The van der Waals surface area contributed by atoms with Crippen LogP contribution in [0.3, 0.4) is 0 Å². The Bertz CT molecular complexity index is 852. The quantitative estimate of drug-likeness (QED) is 0.582. The Labute approximate surface area is 174 Å². The number of hydrogen-bond acceptors (Lipinski definition) is 4. The first kappa shape index (κ1) is 18.9. The monoisotopic (exact) mass is 416 g/mol. The van der Waals surface area contributed by atoms with E-state index in [0.717, 1.165) is 19.3 Å². The fraction of sp³-hybridized carbons (Fsp3) is 0.591. The number of aromatic hydroxyl groups is 1. The van der Waals surface area contributed by atoms with Gasteiger partial charge < -0.3 is 10.4 Å². The molecule has 154 valence electrons. The first-order valence-electron chi connectivity index (χ1n) is 10.6. The van der Waals surface area contributed by atoms with E-state index in [-0.39, 0.29) is 47.3 Å². The maximum atomic E-state index is 13.0. The van der Waals surface area contributed by atoms with Crippen molar-refractivity contribution in [1.82, 2.24) is 4.90 Å². The van der Waals surface area contributed by atoms with E-state index in [1.165, 1.54) is 6.07 Å². The van der Waals surface area contributed by atoms with Crippen molar-refractivity contribution >= 4 is 35.0 Å². The minimum absolute atomic E-state index is 0.0474. The summed E-state index contributed by atoms with van der Waals surface area (Å²) < 4.78 is 0. The van der Waals surface area contributed by atoms with Crippen LogP contribution in [0.4, 0.5) is 5.69 Å². The number of anilines is 1. The molecular formula is C22H25ClN2O4. The summed E-state index contributed by atoms with van der Waals surface area (Å²) in [5, 5.41) is 13.1. The zero-order valence-electron chi connectivity index (χ0n) is 16.1. The molecule has 3 aliphatic carbocycles. The predicted octanol–water partition coefficient (Wildman–Crippen LogP) is 3.57. The summed E-state index contributed by atoms with van der Waals surface area (Å²) in [4.78, 5) is 40.2. The smallest absolute Gasteiger partial charge is 0.233 e. The molecular weight excluding hydrogens is 392 g/mol. The van der Waals surface area contributed by atoms with Gasteiger partial charge in [0.15, 0.2) is 0 Å². The largest absolute Gasteiger partial charge is 0.506 e. The lowest BCUT2D eigenvalue weighted by atomic mass is 9.81. The Hall–Kier alpha value is -2.08. The number of likely N-dealkylation sites (tertiary alicyclic amines) is 1. The van der Waals surface area contributed by atoms with E-state index < -0.39 is 0 Å². The summed E-state index contributed by atoms with van der Waals surface area (Å²) >= 11 is 5.83. The molecule has 1 aromatic rings. The number of carbonyl (C=O) groups is 3. The Balaban J connectivity index is 1.21. The van der Waals surface area contributed by atoms with Crippen LogP contribution >= 0.6 is 11.6 Å². The van der Waals surface area contributed by atoms with E-state index in [9.17, 15) is 19.5 Å². The van der Waals surface area contributed by atoms with Gasteiger partial charge in [-0.05, 0) is 68.9 Å². The van der Waals surface area contributed by atoms with Crippen LogP contribution < -0.4 is 5.32 Å². The van der Waals surface area contributed by atoms with Gasteiger partial charge in [-0.3, -0.25) is 19.3 Å². The van der Waals surface area contributed by atoms with Gasteiger partial charge in [0.1, 0.15) is 5.75 Å². The second-order valence-electron chi connectivity index (χ2n) is 9.09. The first-order valence-corrected chi connectivity index (χ1v) is 11.0. The van der Waals surface area contributed by atoms with E-state index >= 15 is 0 Å². The summed E-state index contributed by atoms with van der Waals surface area (Å²) in [6.45, 7) is 0. The Kier molecular flexibility index (Phi) is 4.57. The average Bonchev–Trinajstić information content (AvgIpc) is 3.38. The van der Waals surface area contributed by atoms with Crippen LogP contribution in [0.15, 0.2) is 18.2 Å². The molecule has 5 rings (SSSR count). The van der Waals surface area contributed by atoms with Crippen molar-refractivity contribution in [2.24, 2.45) is 29.6 Å². The SMILES string of the molecule is O=C(Nc1ccc(Cl)cc1O)C1CCC(N2C(=O)[C@H]3[C@H]4CC[C@@H](C4)[C@@H]3C2=O)CC1. The summed E-state index contributed by atoms with van der Waals surface area (Å²) in [6.07, 6.45) is 5.81. The number of fused-ring (bicyclic) bond motifs is 5. The van der Waals surface area contributed by atoms with Gasteiger partial charge in [-0.25, -0.2) is 0 Å². The predicted molar refractivity (Wildman–Crippen MR) is 107 cm³/mol. The number of phenolic OH excluding ortho intramolecular Hbond substituents is 1. The minimum atomic E-state index is -0.190. The number of halogens is 1. The minimum Gasteiger partial charge on any atom is -0.506 e. The molecule has 1 aliphatic heterocycles. The molecule has 4 aliphatic rings. The van der Waals surface area contributed by atoms with Crippen LogP contribution in [0.2, 0.25) is 5.02 Å². The molecule has 4 atom stereocenters. The van der Waals surface area contributed by atoms with Crippen molar-refractivity contribution < 1.29 is 19.5 Å². The molecule has 0 aromatic heterocycles. The zero-order chi connectivity index (χ0) is 20.3. The van der Waals surface area contributed by atoms with Crippen molar-refractivity contribution in [3.05, 3.63) is 23.2 Å². The lowest BCUT2D eigenvalue weighted by Crippen LogP contribution is -2.44. The number of imide groups is 1. The fourth-order valence-electron chi connectivity index (χ4n) is 6.23. The third-order valence-corrected chi connectivity index (χ3v) is 7.85. The molecule has 1 saturated heterocycles. The van der Waals surface area contributed by atoms with Crippen LogP contribution in [-0.4, -0.2) is 33.8 Å². The van der Waals surface area contributed by atoms with Gasteiger partial charge in [-0.1, -0.05) is 11.6 Å². The molecule has 2 N–H and O–H groups in total. The second kappa shape index (κ2) is 7.01. The van der Waals surface area contributed by atoms with Gasteiger partial charge in [0, 0.05) is 23.0 Å². The maximum absolute atomic E-state index is 13.0. The molecule has 0 radical (unpaired) electrons. The lowest BCUT2D eigenvalue weighted by Gasteiger charge is -2.33. The van der Waals surface area contributed by atoms with Crippen molar-refractivity contribution in [3.8, 4) is 5.75 Å². The van der Waals surface area contributed by atoms with E-state index in [1.807, 2.05) is 0 Å². The number of rotatable bonds is 3. The first-order chi connectivity index (χ1) is 13.9. The molecule has 1 heterocycles. The number of phenols is 1. The molecule has 6 nitrogen and oxygen atoms in total. The molecule has 3 saturated carbocycles. The second-order valence-corrected chi connectivity index (χ2v) is 9.52. The van der Waals surface area contributed by atoms with Crippen LogP contribution in [0, 0.1) is 29.6 Å². The van der Waals surface area contributed by atoms with Gasteiger partial charge in [0.05, 0.1) is 17.5 Å². The highest BCUT2D eigenvalue weighted by Crippen LogP contribution is 2.56. The third-order valence-electron chi connectivity index (χ3n) is 7.61. The van der Waals surface area contributed by atoms with E-state index in [1.54, 1.807) is 17.0 Å². The standard InChI is InChI=1S/C22H25ClN2O4/c23-14-5-8-16(17(26)10-14)24-20(27)11-3-6-15(7-4-11)25-21(28)18-12-1-2-13(9-12)19(18)22(25)29/h5,8,10-13,15,18-19,26H,1-4,6-7,9H2,(H,24,27)/t11?,12-,13-,15?,18-,19-/m0/s1. The van der Waals surface area contributed by atoms with Crippen molar-refractivity contribution in [1.29, 1.82) is 0 Å². The van der Waals surface area contributed by atoms with Gasteiger partial charge in [0.25, 0.3) is 0 Å². The molecule has 4 fully saturated rings. The molecule has 2 bridgehead atoms. The number of carbonyl (C=O) groups excluding carboxylic acids is 3. The van der Waals surface area contributed by atoms with Crippen molar-refractivity contribution in [2.45, 2.75) is 51.0 Å². The number of hydrogen-bond donors (Lipinski definition) is 2. The van der Waals surface area contributed by atoms with Crippen molar-refractivity contribution in [3.63, 3.8) is 0 Å². The Morgan fingerprint density at radius 2 is 1.62 bits per heavy atom. The normalized spacial score (nSPS) is 35.8. The molecule has 3 amide bonds. The van der Waals surface area contributed by atoms with Crippen LogP contribution in [0.5, 0.6) is 5.75 Å². The summed E-state index contributed by atoms with van der Waals surface area (Å²) in [7, 11) is 0. The zero-order valence-corrected chi connectivity index (χ0v) is 16.9. The highest BCUT2D eigenvalue weighted by molar-refractivity contribution is 6.30. The number of nitrogens with zero attached hydrogens (tertiary/aromatic N) is 1. The van der Waals surface area contributed by atoms with E-state index in [2.05, 4.69) is 5.32 Å². The number of amides is 3. The van der Waals surface area contributed by atoms with E-state index in [4.69, 9.17) is 11.6 Å². The molecule has 1 aromatic carbocycles. The van der Waals surface area contributed by atoms with Crippen molar-refractivity contribution in [2.75, 3.05) is 5.32 Å². The van der Waals surface area contributed by atoms with E-state index in [0.29, 0.717) is 48.2 Å². The van der Waals surface area contributed by atoms with Gasteiger partial charge in [0.2, 0.25) is 17.7 Å². The van der Waals surface area contributed by atoms with Crippen LogP contribution in [-0.2, 0) is 14.4 Å². The highest BCUT2D eigenvalue weighted by atomic mass is 35.5.